The van der Waals surface area contributed by atoms with Crippen LogP contribution in [0.2, 0.25) is 0 Å². The molecule has 114 valence electrons. The predicted octanol–water partition coefficient (Wildman–Crippen LogP) is 2.03. The summed E-state index contributed by atoms with van der Waals surface area (Å²) in [7, 11) is 0. The van der Waals surface area contributed by atoms with Crippen LogP contribution in [0.15, 0.2) is 24.3 Å². The van der Waals surface area contributed by atoms with Crippen LogP contribution in [0.4, 0.5) is 14.9 Å². The molecule has 1 aromatic carbocycles. The lowest BCUT2D eigenvalue weighted by atomic mass is 10.2. The molecule has 3 amide bonds. The van der Waals surface area contributed by atoms with E-state index in [1.165, 1.54) is 12.1 Å². The van der Waals surface area contributed by atoms with Crippen molar-refractivity contribution in [1.82, 2.24) is 10.6 Å². The van der Waals surface area contributed by atoms with Gasteiger partial charge < -0.3 is 15.5 Å². The molecule has 0 radical (unpaired) electrons. The van der Waals surface area contributed by atoms with Crippen LogP contribution in [-0.4, -0.2) is 30.6 Å². The number of nitrogens with zero attached hydrogens (tertiary/aromatic N) is 1. The summed E-state index contributed by atoms with van der Waals surface area (Å²) in [6.07, 6.45) is 1.10. The van der Waals surface area contributed by atoms with Crippen molar-refractivity contribution >= 4 is 17.6 Å². The Morgan fingerprint density at radius 1 is 1.43 bits per heavy atom. The van der Waals surface area contributed by atoms with Gasteiger partial charge in [-0.05, 0) is 37.6 Å². The van der Waals surface area contributed by atoms with Gasteiger partial charge >= 0.3 is 6.03 Å². The number of rotatable bonds is 4. The van der Waals surface area contributed by atoms with Gasteiger partial charge in [0.15, 0.2) is 0 Å². The number of carbonyl (C=O) groups is 2. The van der Waals surface area contributed by atoms with Crippen molar-refractivity contribution in [3.8, 4) is 0 Å². The number of hydrogen-bond donors (Lipinski definition) is 2. The van der Waals surface area contributed by atoms with Crippen molar-refractivity contribution < 1.29 is 14.0 Å². The normalized spacial score (nSPS) is 19.5. The molecule has 6 heteroatoms. The first-order valence-corrected chi connectivity index (χ1v) is 7.12. The largest absolute Gasteiger partial charge is 0.336 e. The molecule has 1 aliphatic rings. The van der Waals surface area contributed by atoms with Crippen LogP contribution in [0.1, 0.15) is 26.7 Å². The van der Waals surface area contributed by atoms with E-state index >= 15 is 0 Å². The number of amides is 3. The van der Waals surface area contributed by atoms with Gasteiger partial charge in [0.2, 0.25) is 5.91 Å². The zero-order valence-electron chi connectivity index (χ0n) is 12.2. The van der Waals surface area contributed by atoms with E-state index in [1.807, 2.05) is 13.8 Å². The number of anilines is 1. The number of hydrogen-bond acceptors (Lipinski definition) is 2. The summed E-state index contributed by atoms with van der Waals surface area (Å²) in [5.74, 6) is -0.413. The molecule has 1 aliphatic heterocycles. The lowest BCUT2D eigenvalue weighted by Gasteiger charge is -2.18. The van der Waals surface area contributed by atoms with E-state index < -0.39 is 0 Å². The van der Waals surface area contributed by atoms with Gasteiger partial charge in [-0.3, -0.25) is 4.79 Å². The third-order valence-electron chi connectivity index (χ3n) is 3.59. The van der Waals surface area contributed by atoms with Crippen LogP contribution >= 0.6 is 0 Å². The second-order valence-corrected chi connectivity index (χ2v) is 5.31. The highest BCUT2D eigenvalue weighted by Gasteiger charge is 2.31. The van der Waals surface area contributed by atoms with Crippen molar-refractivity contribution in [2.24, 2.45) is 0 Å². The van der Waals surface area contributed by atoms with E-state index in [2.05, 4.69) is 10.6 Å². The molecule has 0 bridgehead atoms. The minimum Gasteiger partial charge on any atom is -0.336 e. The van der Waals surface area contributed by atoms with Crippen LogP contribution in [0, 0.1) is 5.82 Å². The lowest BCUT2D eigenvalue weighted by Crippen LogP contribution is -2.46. The molecule has 2 N–H and O–H groups in total. The van der Waals surface area contributed by atoms with Gasteiger partial charge in [-0.15, -0.1) is 0 Å². The van der Waals surface area contributed by atoms with Crippen molar-refractivity contribution in [3.05, 3.63) is 30.1 Å². The van der Waals surface area contributed by atoms with Crippen LogP contribution in [0.3, 0.4) is 0 Å². The van der Waals surface area contributed by atoms with E-state index in [-0.39, 0.29) is 36.3 Å². The maximum absolute atomic E-state index is 12.9. The molecule has 2 atom stereocenters. The highest BCUT2D eigenvalue weighted by molar-refractivity contribution is 5.96. The highest BCUT2D eigenvalue weighted by Crippen LogP contribution is 2.21. The number of benzene rings is 1. The summed E-state index contributed by atoms with van der Waals surface area (Å²) in [6, 6.07) is 5.37. The standard InChI is InChI=1S/C15H20FN3O2/c1-3-10(2)17-15(21)18-12-8-14(20)19(9-12)13-6-4-11(16)5-7-13/h4-7,10,12H,3,8-9H2,1-2H3,(H2,17,18,21)/t10-,12+/m1/s1. The second kappa shape index (κ2) is 6.56. The molecule has 1 aromatic rings. The molecular weight excluding hydrogens is 273 g/mol. The van der Waals surface area contributed by atoms with E-state index in [0.29, 0.717) is 12.2 Å². The van der Waals surface area contributed by atoms with Crippen LogP contribution in [0.5, 0.6) is 0 Å². The van der Waals surface area contributed by atoms with E-state index in [4.69, 9.17) is 0 Å². The molecule has 1 saturated heterocycles. The monoisotopic (exact) mass is 293 g/mol. The molecule has 21 heavy (non-hydrogen) atoms. The van der Waals surface area contributed by atoms with Gasteiger partial charge in [-0.2, -0.15) is 0 Å². The molecule has 0 aromatic heterocycles. The summed E-state index contributed by atoms with van der Waals surface area (Å²) in [6.45, 7) is 4.31. The zero-order valence-corrected chi connectivity index (χ0v) is 12.2. The molecule has 1 heterocycles. The third-order valence-corrected chi connectivity index (χ3v) is 3.59. The van der Waals surface area contributed by atoms with E-state index in [1.54, 1.807) is 17.0 Å². The Labute approximate surface area is 123 Å². The average Bonchev–Trinajstić information content (AvgIpc) is 2.80. The van der Waals surface area contributed by atoms with Gasteiger partial charge in [-0.25, -0.2) is 9.18 Å². The van der Waals surface area contributed by atoms with Gasteiger partial charge in [0.05, 0.1) is 6.04 Å². The van der Waals surface area contributed by atoms with Crippen molar-refractivity contribution in [2.75, 3.05) is 11.4 Å². The Bertz CT molecular complexity index is 518. The topological polar surface area (TPSA) is 61.4 Å². The molecule has 0 aliphatic carbocycles. The first-order chi connectivity index (χ1) is 9.99. The highest BCUT2D eigenvalue weighted by atomic mass is 19.1. The summed E-state index contributed by atoms with van der Waals surface area (Å²) < 4.78 is 12.9. The SMILES string of the molecule is CC[C@@H](C)NC(=O)N[C@H]1CC(=O)N(c2ccc(F)cc2)C1. The van der Waals surface area contributed by atoms with Crippen molar-refractivity contribution in [2.45, 2.75) is 38.8 Å². The maximum atomic E-state index is 12.9. The molecule has 0 spiro atoms. The number of carbonyl (C=O) groups excluding carboxylic acids is 2. The Balaban J connectivity index is 1.93. The fourth-order valence-electron chi connectivity index (χ4n) is 2.23. The number of nitrogens with one attached hydrogen (secondary N) is 2. The summed E-state index contributed by atoms with van der Waals surface area (Å²) in [5.41, 5.74) is 0.646. The number of urea groups is 1. The van der Waals surface area contributed by atoms with Crippen molar-refractivity contribution in [3.63, 3.8) is 0 Å². The summed E-state index contributed by atoms with van der Waals surface area (Å²) in [4.78, 5) is 25.3. The minimum absolute atomic E-state index is 0.0737. The van der Waals surface area contributed by atoms with E-state index in [9.17, 15) is 14.0 Å². The molecule has 5 nitrogen and oxygen atoms in total. The zero-order chi connectivity index (χ0) is 15.4. The first kappa shape index (κ1) is 15.3. The fraction of sp³-hybridized carbons (Fsp3) is 0.467. The Kier molecular flexibility index (Phi) is 4.77. The second-order valence-electron chi connectivity index (χ2n) is 5.31. The third kappa shape index (κ3) is 3.93. The van der Waals surface area contributed by atoms with Crippen LogP contribution < -0.4 is 15.5 Å². The number of halogens is 1. The fourth-order valence-corrected chi connectivity index (χ4v) is 2.23. The van der Waals surface area contributed by atoms with Gasteiger partial charge in [0.1, 0.15) is 5.82 Å². The van der Waals surface area contributed by atoms with Crippen molar-refractivity contribution in [1.29, 1.82) is 0 Å². The van der Waals surface area contributed by atoms with Gasteiger partial charge in [0, 0.05) is 24.7 Å². The smallest absolute Gasteiger partial charge is 0.315 e. The molecule has 0 unspecified atom stereocenters. The first-order valence-electron chi connectivity index (χ1n) is 7.12. The Morgan fingerprint density at radius 2 is 2.10 bits per heavy atom. The quantitative estimate of drug-likeness (QED) is 0.892. The summed E-state index contributed by atoms with van der Waals surface area (Å²) >= 11 is 0. The molecule has 2 rings (SSSR count). The molecule has 1 fully saturated rings. The predicted molar refractivity (Wildman–Crippen MR) is 78.6 cm³/mol. The van der Waals surface area contributed by atoms with E-state index in [0.717, 1.165) is 6.42 Å². The van der Waals surface area contributed by atoms with Gasteiger partial charge in [-0.1, -0.05) is 6.92 Å². The molecular formula is C15H20FN3O2. The Hall–Kier alpha value is -2.11. The Morgan fingerprint density at radius 3 is 2.71 bits per heavy atom. The maximum Gasteiger partial charge on any atom is 0.315 e. The summed E-state index contributed by atoms with van der Waals surface area (Å²) in [5, 5.41) is 5.60. The average molecular weight is 293 g/mol. The minimum atomic E-state index is -0.340. The lowest BCUT2D eigenvalue weighted by molar-refractivity contribution is -0.117. The van der Waals surface area contributed by atoms with Crippen LogP contribution in [0.25, 0.3) is 0 Å². The van der Waals surface area contributed by atoms with Gasteiger partial charge in [0.25, 0.3) is 0 Å². The molecule has 0 saturated carbocycles. The van der Waals surface area contributed by atoms with Crippen LogP contribution in [-0.2, 0) is 4.79 Å².